The minimum Gasteiger partial charge on any atom is -0.480 e. The molecule has 4 heterocycles. The zero-order chi connectivity index (χ0) is 21.6. The summed E-state index contributed by atoms with van der Waals surface area (Å²) in [6.07, 6.45) is 7.65. The monoisotopic (exact) mass is 420 g/mol. The van der Waals surface area contributed by atoms with E-state index in [1.54, 1.807) is 13.4 Å². The minimum atomic E-state index is -0.181. The molecule has 1 aliphatic rings. The molecule has 0 radical (unpaired) electrons. The van der Waals surface area contributed by atoms with E-state index in [1.807, 2.05) is 35.9 Å². The van der Waals surface area contributed by atoms with Crippen molar-refractivity contribution in [3.63, 3.8) is 0 Å². The van der Waals surface area contributed by atoms with Gasteiger partial charge in [-0.2, -0.15) is 9.97 Å². The lowest BCUT2D eigenvalue weighted by molar-refractivity contribution is -0.123. The largest absolute Gasteiger partial charge is 0.480 e. The Morgan fingerprint density at radius 1 is 1.35 bits per heavy atom. The average Bonchev–Trinajstić information content (AvgIpc) is 3.38. The first-order chi connectivity index (χ1) is 15.0. The number of methoxy groups -OCH3 is 1. The first kappa shape index (κ1) is 19.3. The van der Waals surface area contributed by atoms with Gasteiger partial charge >= 0.3 is 0 Å². The Labute approximate surface area is 178 Å². The van der Waals surface area contributed by atoms with Gasteiger partial charge in [0.15, 0.2) is 5.65 Å². The molecule has 160 valence electrons. The summed E-state index contributed by atoms with van der Waals surface area (Å²) in [5, 5.41) is 15.2. The van der Waals surface area contributed by atoms with E-state index in [0.29, 0.717) is 23.9 Å². The van der Waals surface area contributed by atoms with Crippen LogP contribution in [0.1, 0.15) is 33.1 Å². The molecule has 4 aromatic rings. The van der Waals surface area contributed by atoms with Gasteiger partial charge in [-0.05, 0) is 31.9 Å². The molecular formula is C21H24N8O2. The third kappa shape index (κ3) is 3.43. The predicted octanol–water partition coefficient (Wildman–Crippen LogP) is 2.54. The van der Waals surface area contributed by atoms with Gasteiger partial charge in [0.2, 0.25) is 17.7 Å². The van der Waals surface area contributed by atoms with Crippen molar-refractivity contribution in [1.29, 1.82) is 0 Å². The third-order valence-electron chi connectivity index (χ3n) is 5.78. The number of aromatic nitrogens is 6. The number of pyridine rings is 1. The van der Waals surface area contributed by atoms with Gasteiger partial charge in [-0.1, -0.05) is 6.92 Å². The van der Waals surface area contributed by atoms with E-state index in [0.717, 1.165) is 35.0 Å². The molecule has 5 rings (SSSR count). The molecule has 10 nitrogen and oxygen atoms in total. The summed E-state index contributed by atoms with van der Waals surface area (Å²) < 4.78 is 7.47. The summed E-state index contributed by atoms with van der Waals surface area (Å²) in [6.45, 7) is 3.92. The van der Waals surface area contributed by atoms with Gasteiger partial charge in [-0.3, -0.25) is 9.20 Å². The van der Waals surface area contributed by atoms with Crippen LogP contribution in [-0.4, -0.2) is 54.1 Å². The van der Waals surface area contributed by atoms with Crippen LogP contribution in [0.3, 0.4) is 0 Å². The van der Waals surface area contributed by atoms with Crippen LogP contribution in [0.5, 0.6) is 5.88 Å². The molecule has 0 atom stereocenters. The number of hydrogen-bond donors (Lipinski definition) is 3. The number of aromatic amines is 1. The van der Waals surface area contributed by atoms with E-state index >= 15 is 0 Å². The van der Waals surface area contributed by atoms with E-state index in [4.69, 9.17) is 4.74 Å². The van der Waals surface area contributed by atoms with Crippen molar-refractivity contribution in [2.45, 2.75) is 44.7 Å². The Kier molecular flexibility index (Phi) is 4.49. The van der Waals surface area contributed by atoms with Crippen molar-refractivity contribution in [3.05, 3.63) is 30.9 Å². The van der Waals surface area contributed by atoms with Crippen LogP contribution < -0.4 is 15.4 Å². The molecule has 31 heavy (non-hydrogen) atoms. The summed E-state index contributed by atoms with van der Waals surface area (Å²) in [6, 6.07) is 4.09. The summed E-state index contributed by atoms with van der Waals surface area (Å²) in [5.41, 5.74) is 3.20. The summed E-state index contributed by atoms with van der Waals surface area (Å²) in [7, 11) is 1.60. The number of nitrogens with zero attached hydrogens (tertiary/aromatic N) is 5. The molecule has 0 bridgehead atoms. The third-order valence-corrected chi connectivity index (χ3v) is 5.78. The highest BCUT2D eigenvalue weighted by atomic mass is 16.5. The topological polar surface area (TPSA) is 122 Å². The van der Waals surface area contributed by atoms with Crippen LogP contribution in [0, 0.1) is 0 Å². The van der Waals surface area contributed by atoms with Crippen LogP contribution in [0.2, 0.25) is 0 Å². The number of ether oxygens (including phenoxy) is 1. The van der Waals surface area contributed by atoms with E-state index in [2.05, 4.69) is 42.7 Å². The van der Waals surface area contributed by atoms with Gasteiger partial charge in [0, 0.05) is 41.5 Å². The maximum absolute atomic E-state index is 11.7. The van der Waals surface area contributed by atoms with E-state index in [-0.39, 0.29) is 17.5 Å². The van der Waals surface area contributed by atoms with Gasteiger partial charge in [0.1, 0.15) is 12.0 Å². The lowest BCUT2D eigenvalue weighted by Crippen LogP contribution is -2.59. The van der Waals surface area contributed by atoms with Crippen LogP contribution in [0.15, 0.2) is 30.9 Å². The molecule has 4 aromatic heterocycles. The second-order valence-corrected chi connectivity index (χ2v) is 8.21. The molecule has 1 fully saturated rings. The molecule has 0 saturated heterocycles. The number of carbonyl (C=O) groups is 1. The van der Waals surface area contributed by atoms with Crippen LogP contribution in [-0.2, 0) is 4.79 Å². The quantitative estimate of drug-likeness (QED) is 0.438. The zero-order valence-electron chi connectivity index (χ0n) is 17.6. The Morgan fingerprint density at radius 2 is 2.19 bits per heavy atom. The highest BCUT2D eigenvalue weighted by Crippen LogP contribution is 2.37. The molecule has 1 saturated carbocycles. The average molecular weight is 420 g/mol. The van der Waals surface area contributed by atoms with Crippen molar-refractivity contribution in [1.82, 2.24) is 34.9 Å². The number of anilines is 1. The second-order valence-electron chi connectivity index (χ2n) is 8.21. The van der Waals surface area contributed by atoms with Gasteiger partial charge in [-0.25, -0.2) is 0 Å². The summed E-state index contributed by atoms with van der Waals surface area (Å²) in [5.74, 6) is 1.07. The molecule has 3 N–H and O–H groups in total. The molecular weight excluding hydrogens is 396 g/mol. The summed E-state index contributed by atoms with van der Waals surface area (Å²) in [4.78, 5) is 24.2. The van der Waals surface area contributed by atoms with Gasteiger partial charge in [0.05, 0.1) is 12.5 Å². The molecule has 0 aliphatic heterocycles. The second kappa shape index (κ2) is 7.22. The van der Waals surface area contributed by atoms with Crippen molar-refractivity contribution in [3.8, 4) is 17.0 Å². The number of amides is 1. The number of hydrogen-bond acceptors (Lipinski definition) is 7. The number of nitrogens with one attached hydrogen (secondary N) is 3. The number of fused-ring (bicyclic) bond motifs is 2. The summed E-state index contributed by atoms with van der Waals surface area (Å²) >= 11 is 0. The van der Waals surface area contributed by atoms with Crippen molar-refractivity contribution in [2.24, 2.45) is 0 Å². The van der Waals surface area contributed by atoms with Crippen molar-refractivity contribution >= 4 is 28.5 Å². The standard InChI is InChI=1S/C21H24N8O2/c1-4-16(30)27-21(2)7-13(8-21)24-20-25-18-17(19(26-20)31-3)14(9-22-18)12-5-6-15-28-23-11-29(15)10-12/h5-6,9-11,13H,4,7-8H2,1-3H3,(H,27,30)(H2,22,24,25,26)/t13-,21+. The Morgan fingerprint density at radius 3 is 2.97 bits per heavy atom. The van der Waals surface area contributed by atoms with Crippen LogP contribution >= 0.6 is 0 Å². The van der Waals surface area contributed by atoms with Crippen LogP contribution in [0.25, 0.3) is 27.8 Å². The van der Waals surface area contributed by atoms with Crippen LogP contribution in [0.4, 0.5) is 5.95 Å². The predicted molar refractivity (Wildman–Crippen MR) is 116 cm³/mol. The molecule has 10 heteroatoms. The maximum atomic E-state index is 11.7. The van der Waals surface area contributed by atoms with E-state index < -0.39 is 0 Å². The lowest BCUT2D eigenvalue weighted by atomic mass is 9.74. The van der Waals surface area contributed by atoms with E-state index in [9.17, 15) is 4.79 Å². The first-order valence-corrected chi connectivity index (χ1v) is 10.3. The molecule has 0 spiro atoms. The Hall–Kier alpha value is -3.69. The normalized spacial score (nSPS) is 20.5. The molecule has 0 aromatic carbocycles. The molecule has 1 amide bonds. The molecule has 1 aliphatic carbocycles. The zero-order valence-corrected chi connectivity index (χ0v) is 17.6. The lowest BCUT2D eigenvalue weighted by Gasteiger charge is -2.45. The maximum Gasteiger partial charge on any atom is 0.228 e. The fourth-order valence-corrected chi connectivity index (χ4v) is 4.27. The van der Waals surface area contributed by atoms with Gasteiger partial charge in [-0.15, -0.1) is 10.2 Å². The van der Waals surface area contributed by atoms with Gasteiger partial charge in [0.25, 0.3) is 0 Å². The number of carbonyl (C=O) groups excluding carboxylic acids is 1. The minimum absolute atomic E-state index is 0.0730. The fourth-order valence-electron chi connectivity index (χ4n) is 4.27. The molecule has 0 unspecified atom stereocenters. The smallest absolute Gasteiger partial charge is 0.228 e. The first-order valence-electron chi connectivity index (χ1n) is 10.3. The SMILES string of the molecule is CCC(=O)N[C@]1(C)C[C@H](Nc2nc(OC)c3c(-c4ccc5nncn5c4)c[nH]c3n2)C1. The van der Waals surface area contributed by atoms with Gasteiger partial charge < -0.3 is 20.4 Å². The van der Waals surface area contributed by atoms with E-state index in [1.165, 1.54) is 0 Å². The number of H-pyrrole nitrogens is 1. The van der Waals surface area contributed by atoms with Crippen molar-refractivity contribution in [2.75, 3.05) is 12.4 Å². The highest BCUT2D eigenvalue weighted by Gasteiger charge is 2.41. The fraction of sp³-hybridized carbons (Fsp3) is 0.381. The highest BCUT2D eigenvalue weighted by molar-refractivity contribution is 5.97. The van der Waals surface area contributed by atoms with Crippen molar-refractivity contribution < 1.29 is 9.53 Å². The Balaban J connectivity index is 1.41. The Bertz CT molecular complexity index is 1270. The number of rotatable bonds is 6.